The van der Waals surface area contributed by atoms with Gasteiger partial charge in [0.1, 0.15) is 11.4 Å². The summed E-state index contributed by atoms with van der Waals surface area (Å²) in [6.45, 7) is 3.14. The number of hydrogen-bond donors (Lipinski definition) is 3. The molecule has 0 fully saturated rings. The highest BCUT2D eigenvalue weighted by molar-refractivity contribution is 8.26. The fraction of sp³-hybridized carbons (Fsp3) is 0.400. The quantitative estimate of drug-likeness (QED) is 0.414. The first-order valence-corrected chi connectivity index (χ1v) is 13.3. The molecule has 0 aliphatic heterocycles. The van der Waals surface area contributed by atoms with Gasteiger partial charge in [0.15, 0.2) is 0 Å². The Kier molecular flexibility index (Phi) is 22.1. The van der Waals surface area contributed by atoms with Gasteiger partial charge in [0, 0.05) is 70.0 Å². The summed E-state index contributed by atoms with van der Waals surface area (Å²) in [5, 5.41) is 12.0. The number of carbonyl (C=O) groups is 2. The lowest BCUT2D eigenvalue weighted by Gasteiger charge is -2.09. The van der Waals surface area contributed by atoms with E-state index in [2.05, 4.69) is 41.5 Å². The second-order valence-corrected chi connectivity index (χ2v) is 10.3. The molecule has 0 atom stereocenters. The number of rotatable bonds is 7. The molecule has 0 bridgehead atoms. The molecule has 0 saturated heterocycles. The van der Waals surface area contributed by atoms with Crippen LogP contribution in [0.3, 0.4) is 0 Å². The highest BCUT2D eigenvalue weighted by Crippen LogP contribution is 2.08. The Hall–Kier alpha value is -1.57. The topological polar surface area (TPSA) is 142 Å². The molecule has 0 aromatic carbocycles. The molecule has 198 valence electrons. The van der Waals surface area contributed by atoms with E-state index in [4.69, 9.17) is 38.3 Å². The Bertz CT molecular complexity index is 905. The van der Waals surface area contributed by atoms with E-state index < -0.39 is 15.2 Å². The third-order valence-electron chi connectivity index (χ3n) is 3.32. The number of amides is 1. The Morgan fingerprint density at radius 3 is 1.71 bits per heavy atom. The zero-order chi connectivity index (χ0) is 27.4. The summed E-state index contributed by atoms with van der Waals surface area (Å²) in [6.07, 6.45) is 2.87. The molecular formula is C20H30Cl4N6O4S. The predicted molar refractivity (Wildman–Crippen MR) is 144 cm³/mol. The van der Waals surface area contributed by atoms with Crippen molar-refractivity contribution >= 4 is 65.7 Å². The van der Waals surface area contributed by atoms with Gasteiger partial charge in [-0.1, -0.05) is 23.2 Å². The standard InChI is InChI=1S/C10H14ClN3O.C6H4ClNO2.C4H12N2.Cl2OS/c1-14(2)6-5-13-10(15)9-7-8(11)3-4-12-9;7-4-1-2-8-5(3-4)6(9)10;1-6(2)4-3-5;1-4(2)3/h3-4,7H,5-6H2,1-2H3,(H,13,15);1-3H,(H,9,10);3-5H2,1-2H3;. The van der Waals surface area contributed by atoms with Crippen molar-refractivity contribution in [1.29, 1.82) is 0 Å². The number of carbonyl (C=O) groups excluding carboxylic acids is 1. The maximum absolute atomic E-state index is 11.5. The first-order chi connectivity index (χ1) is 16.3. The minimum Gasteiger partial charge on any atom is -0.477 e. The Balaban J connectivity index is 0. The molecule has 2 rings (SSSR count). The second kappa shape index (κ2) is 21.7. The van der Waals surface area contributed by atoms with Gasteiger partial charge in [-0.05, 0) is 52.5 Å². The molecule has 1 amide bonds. The summed E-state index contributed by atoms with van der Waals surface area (Å²) in [5.41, 5.74) is 5.50. The van der Waals surface area contributed by atoms with Crippen LogP contribution in [-0.2, 0) is 9.23 Å². The molecule has 10 nitrogen and oxygen atoms in total. The monoisotopic (exact) mass is 590 g/mol. The van der Waals surface area contributed by atoms with Gasteiger partial charge in [0.2, 0.25) is 9.23 Å². The SMILES string of the molecule is CN(C)CCN.CN(C)CCNC(=O)c1cc(Cl)ccn1.O=C(O)c1cc(Cl)ccn1.O=S(Cl)Cl. The number of nitrogens with one attached hydrogen (secondary N) is 1. The number of hydrogen-bond acceptors (Lipinski definition) is 8. The third kappa shape index (κ3) is 23.9. The van der Waals surface area contributed by atoms with Gasteiger partial charge < -0.3 is 26.0 Å². The summed E-state index contributed by atoms with van der Waals surface area (Å²) >= 11 is 11.2. The van der Waals surface area contributed by atoms with E-state index in [-0.39, 0.29) is 11.6 Å². The van der Waals surface area contributed by atoms with E-state index in [0.29, 0.717) is 22.3 Å². The van der Waals surface area contributed by atoms with Gasteiger partial charge in [-0.15, -0.1) is 0 Å². The van der Waals surface area contributed by atoms with Gasteiger partial charge in [-0.2, -0.15) is 0 Å². The first-order valence-electron chi connectivity index (χ1n) is 9.78. The smallest absolute Gasteiger partial charge is 0.354 e. The summed E-state index contributed by atoms with van der Waals surface area (Å²) in [4.78, 5) is 33.3. The van der Waals surface area contributed by atoms with Gasteiger partial charge in [-0.25, -0.2) is 14.0 Å². The number of carboxylic acids is 1. The number of nitrogens with zero attached hydrogens (tertiary/aromatic N) is 4. The molecule has 0 aliphatic rings. The maximum atomic E-state index is 11.5. The van der Waals surface area contributed by atoms with E-state index in [1.165, 1.54) is 24.5 Å². The molecule has 0 radical (unpaired) electrons. The number of likely N-dealkylation sites (N-methyl/N-ethyl adjacent to an activating group) is 2. The molecule has 0 aliphatic carbocycles. The lowest BCUT2D eigenvalue weighted by Crippen LogP contribution is -2.31. The van der Waals surface area contributed by atoms with Crippen LogP contribution in [0.4, 0.5) is 0 Å². The van der Waals surface area contributed by atoms with Crippen LogP contribution in [0.5, 0.6) is 0 Å². The number of halogens is 4. The zero-order valence-electron chi connectivity index (χ0n) is 19.8. The second-order valence-electron chi connectivity index (χ2n) is 6.86. The van der Waals surface area contributed by atoms with Gasteiger partial charge in [-0.3, -0.25) is 9.78 Å². The van der Waals surface area contributed by atoms with Gasteiger partial charge >= 0.3 is 5.97 Å². The van der Waals surface area contributed by atoms with Crippen molar-refractivity contribution in [3.63, 3.8) is 0 Å². The predicted octanol–water partition coefficient (Wildman–Crippen LogP) is 3.01. The van der Waals surface area contributed by atoms with Crippen LogP contribution >= 0.6 is 44.6 Å². The minimum absolute atomic E-state index is 0.0347. The van der Waals surface area contributed by atoms with E-state index in [9.17, 15) is 9.59 Å². The van der Waals surface area contributed by atoms with Crippen LogP contribution in [-0.4, -0.2) is 95.3 Å². The number of pyridine rings is 2. The van der Waals surface area contributed by atoms with Crippen molar-refractivity contribution in [1.82, 2.24) is 25.1 Å². The van der Waals surface area contributed by atoms with Crippen molar-refractivity contribution in [3.8, 4) is 0 Å². The molecule has 0 unspecified atom stereocenters. The molecular weight excluding hydrogens is 562 g/mol. The molecule has 2 aromatic rings. The normalized spacial score (nSPS) is 9.83. The van der Waals surface area contributed by atoms with Crippen molar-refractivity contribution in [2.24, 2.45) is 5.73 Å². The summed E-state index contributed by atoms with van der Waals surface area (Å²) in [6, 6.07) is 6.00. The van der Waals surface area contributed by atoms with E-state index in [1.54, 1.807) is 12.1 Å². The van der Waals surface area contributed by atoms with E-state index in [0.717, 1.165) is 19.6 Å². The third-order valence-corrected chi connectivity index (χ3v) is 3.79. The van der Waals surface area contributed by atoms with Crippen LogP contribution in [0.25, 0.3) is 0 Å². The zero-order valence-corrected chi connectivity index (χ0v) is 23.6. The fourth-order valence-corrected chi connectivity index (χ4v) is 2.11. The van der Waals surface area contributed by atoms with Crippen LogP contribution in [0.1, 0.15) is 21.0 Å². The summed E-state index contributed by atoms with van der Waals surface area (Å²) in [7, 11) is 15.3. The van der Waals surface area contributed by atoms with E-state index >= 15 is 0 Å². The number of aromatic nitrogens is 2. The van der Waals surface area contributed by atoms with Crippen LogP contribution in [0.15, 0.2) is 36.7 Å². The van der Waals surface area contributed by atoms with Crippen molar-refractivity contribution in [3.05, 3.63) is 58.1 Å². The van der Waals surface area contributed by atoms with Crippen molar-refractivity contribution < 1.29 is 18.9 Å². The van der Waals surface area contributed by atoms with Crippen molar-refractivity contribution in [2.75, 3.05) is 54.4 Å². The Labute approximate surface area is 227 Å². The first kappa shape index (κ1) is 35.6. The van der Waals surface area contributed by atoms with Crippen LogP contribution in [0.2, 0.25) is 10.0 Å². The Morgan fingerprint density at radius 2 is 1.40 bits per heavy atom. The highest BCUT2D eigenvalue weighted by atomic mass is 36.0. The number of aromatic carboxylic acids is 1. The summed E-state index contributed by atoms with van der Waals surface area (Å²) in [5.74, 6) is -1.26. The number of nitrogens with two attached hydrogens (primary N) is 1. The summed E-state index contributed by atoms with van der Waals surface area (Å²) < 4.78 is 9.09. The highest BCUT2D eigenvalue weighted by Gasteiger charge is 2.06. The number of carboxylic acid groups (broad SMARTS) is 1. The molecule has 0 saturated carbocycles. The molecule has 2 aromatic heterocycles. The largest absolute Gasteiger partial charge is 0.477 e. The minimum atomic E-state index is -1.67. The Morgan fingerprint density at radius 1 is 0.971 bits per heavy atom. The van der Waals surface area contributed by atoms with Crippen molar-refractivity contribution in [2.45, 2.75) is 0 Å². The fourth-order valence-electron chi connectivity index (χ4n) is 1.79. The molecule has 35 heavy (non-hydrogen) atoms. The van der Waals surface area contributed by atoms with E-state index in [1.807, 2.05) is 33.1 Å². The van der Waals surface area contributed by atoms with Gasteiger partial charge in [0.25, 0.3) is 5.91 Å². The average Bonchev–Trinajstić information content (AvgIpc) is 2.74. The van der Waals surface area contributed by atoms with Crippen LogP contribution < -0.4 is 11.1 Å². The van der Waals surface area contributed by atoms with Gasteiger partial charge in [0.05, 0.1) is 0 Å². The van der Waals surface area contributed by atoms with Crippen LogP contribution in [0, 0.1) is 0 Å². The lowest BCUT2D eigenvalue weighted by molar-refractivity contribution is 0.0690. The molecule has 2 heterocycles. The maximum Gasteiger partial charge on any atom is 0.354 e. The molecule has 0 spiro atoms. The molecule has 4 N–H and O–H groups in total. The lowest BCUT2D eigenvalue weighted by atomic mass is 10.3. The average molecular weight is 592 g/mol. The molecule has 15 heteroatoms.